The Morgan fingerprint density at radius 2 is 1.29 bits per heavy atom. The van der Waals surface area contributed by atoms with Crippen molar-refractivity contribution in [3.05, 3.63) is 0 Å². The minimum Gasteiger partial charge on any atom is -0.748 e. The van der Waals surface area contributed by atoms with E-state index in [9.17, 15) is 13.0 Å². The van der Waals surface area contributed by atoms with Crippen LogP contribution in [0.15, 0.2) is 0 Å². The van der Waals surface area contributed by atoms with E-state index in [1.54, 1.807) is 0 Å². The van der Waals surface area contributed by atoms with Crippen molar-refractivity contribution in [2.45, 2.75) is 83.3 Å². The zero-order valence-electron chi connectivity index (χ0n) is 11.3. The Labute approximate surface area is 107 Å². The number of hydrogen-bond donors (Lipinski definition) is 0. The van der Waals surface area contributed by atoms with Gasteiger partial charge < -0.3 is 4.55 Å². The molecule has 0 N–H and O–H groups in total. The molecule has 4 heteroatoms. The summed E-state index contributed by atoms with van der Waals surface area (Å²) in [7, 11) is -4.06. The van der Waals surface area contributed by atoms with Gasteiger partial charge in [-0.25, -0.2) is 8.42 Å². The van der Waals surface area contributed by atoms with Crippen LogP contribution in [-0.4, -0.2) is 18.2 Å². The minimum absolute atomic E-state index is 0.516. The van der Waals surface area contributed by atoms with Crippen molar-refractivity contribution in [2.24, 2.45) is 0 Å². The summed E-state index contributed by atoms with van der Waals surface area (Å²) in [6, 6.07) is 0. The molecule has 1 atom stereocenters. The van der Waals surface area contributed by atoms with E-state index < -0.39 is 15.4 Å². The Morgan fingerprint density at radius 3 is 1.71 bits per heavy atom. The van der Waals surface area contributed by atoms with Gasteiger partial charge in [0.25, 0.3) is 0 Å². The predicted octanol–water partition coefficient (Wildman–Crippen LogP) is 3.84. The topological polar surface area (TPSA) is 57.2 Å². The van der Waals surface area contributed by atoms with Gasteiger partial charge in [-0.15, -0.1) is 0 Å². The molecule has 0 saturated heterocycles. The summed E-state index contributed by atoms with van der Waals surface area (Å²) in [5, 5.41) is -0.716. The van der Waals surface area contributed by atoms with Gasteiger partial charge in [0.05, 0.1) is 10.1 Å². The van der Waals surface area contributed by atoms with E-state index in [0.717, 1.165) is 19.3 Å². The Kier molecular flexibility index (Phi) is 9.84. The first-order chi connectivity index (χ1) is 7.98. The van der Waals surface area contributed by atoms with Crippen molar-refractivity contribution < 1.29 is 13.0 Å². The summed E-state index contributed by atoms with van der Waals surface area (Å²) in [4.78, 5) is 0. The van der Waals surface area contributed by atoms with E-state index in [4.69, 9.17) is 0 Å². The fourth-order valence-electron chi connectivity index (χ4n) is 1.89. The van der Waals surface area contributed by atoms with Crippen LogP contribution in [0.1, 0.15) is 78.1 Å². The molecule has 0 aliphatic heterocycles. The smallest absolute Gasteiger partial charge is 0.0972 e. The first-order valence-electron chi connectivity index (χ1n) is 6.93. The van der Waals surface area contributed by atoms with Crippen molar-refractivity contribution in [2.75, 3.05) is 0 Å². The zero-order chi connectivity index (χ0) is 13.1. The molecule has 17 heavy (non-hydrogen) atoms. The van der Waals surface area contributed by atoms with E-state index in [2.05, 4.69) is 6.92 Å². The molecule has 0 spiro atoms. The molecule has 0 radical (unpaired) electrons. The van der Waals surface area contributed by atoms with E-state index in [-0.39, 0.29) is 0 Å². The molecular formula is C13H27O3S-. The van der Waals surface area contributed by atoms with Crippen LogP contribution in [0.3, 0.4) is 0 Å². The van der Waals surface area contributed by atoms with Crippen LogP contribution in [0, 0.1) is 0 Å². The maximum Gasteiger partial charge on any atom is 0.0972 e. The summed E-state index contributed by atoms with van der Waals surface area (Å²) in [5.74, 6) is 0. The van der Waals surface area contributed by atoms with Crippen LogP contribution in [0.4, 0.5) is 0 Å². The molecule has 3 nitrogen and oxygen atoms in total. The highest BCUT2D eigenvalue weighted by Gasteiger charge is 2.08. The molecule has 0 saturated carbocycles. The lowest BCUT2D eigenvalue weighted by Gasteiger charge is -2.15. The lowest BCUT2D eigenvalue weighted by atomic mass is 10.1. The maximum absolute atomic E-state index is 10.6. The Hall–Kier alpha value is -0.0900. The highest BCUT2D eigenvalue weighted by Crippen LogP contribution is 2.13. The summed E-state index contributed by atoms with van der Waals surface area (Å²) in [5.41, 5.74) is 0. The molecule has 0 bridgehead atoms. The Balaban J connectivity index is 3.24. The monoisotopic (exact) mass is 263 g/mol. The van der Waals surface area contributed by atoms with Crippen molar-refractivity contribution >= 4 is 10.1 Å². The first-order valence-corrected chi connectivity index (χ1v) is 8.40. The molecule has 0 rings (SSSR count). The average Bonchev–Trinajstić information content (AvgIpc) is 2.25. The molecule has 0 fully saturated rings. The lowest BCUT2D eigenvalue weighted by Crippen LogP contribution is -2.16. The highest BCUT2D eigenvalue weighted by molar-refractivity contribution is 7.86. The molecule has 0 aliphatic carbocycles. The van der Waals surface area contributed by atoms with Gasteiger partial charge in [-0.3, -0.25) is 0 Å². The SMILES string of the molecule is CCCCCCCCCCCC(C)S(=O)(=O)[O-]. The molecular weight excluding hydrogens is 236 g/mol. The number of hydrogen-bond acceptors (Lipinski definition) is 3. The standard InChI is InChI=1S/C13H28O3S/c1-3-4-5-6-7-8-9-10-11-12-13(2)17(14,15)16/h13H,3-12H2,1-2H3,(H,14,15,16)/p-1. The molecule has 1 unspecified atom stereocenters. The van der Waals surface area contributed by atoms with Crippen LogP contribution < -0.4 is 0 Å². The van der Waals surface area contributed by atoms with Gasteiger partial charge in [-0.1, -0.05) is 64.7 Å². The van der Waals surface area contributed by atoms with Crippen LogP contribution in [0.25, 0.3) is 0 Å². The van der Waals surface area contributed by atoms with Crippen LogP contribution in [0.2, 0.25) is 0 Å². The van der Waals surface area contributed by atoms with Gasteiger partial charge in [-0.05, 0) is 13.3 Å². The van der Waals surface area contributed by atoms with E-state index in [0.29, 0.717) is 6.42 Å². The van der Waals surface area contributed by atoms with Gasteiger partial charge in [0.2, 0.25) is 0 Å². The Bertz CT molecular complexity index is 260. The lowest BCUT2D eigenvalue weighted by molar-refractivity contribution is 0.443. The molecule has 0 aliphatic rings. The fourth-order valence-corrected chi connectivity index (χ4v) is 2.34. The summed E-state index contributed by atoms with van der Waals surface area (Å²) >= 11 is 0. The summed E-state index contributed by atoms with van der Waals surface area (Å²) in [6.45, 7) is 3.72. The normalized spacial score (nSPS) is 13.8. The van der Waals surface area contributed by atoms with Crippen LogP contribution in [-0.2, 0) is 10.1 Å². The molecule has 0 heterocycles. The van der Waals surface area contributed by atoms with Crippen molar-refractivity contribution in [1.29, 1.82) is 0 Å². The van der Waals surface area contributed by atoms with Gasteiger partial charge >= 0.3 is 0 Å². The Morgan fingerprint density at radius 1 is 0.882 bits per heavy atom. The summed E-state index contributed by atoms with van der Waals surface area (Å²) < 4.78 is 31.9. The summed E-state index contributed by atoms with van der Waals surface area (Å²) in [6.07, 6.45) is 11.4. The second-order valence-electron chi connectivity index (χ2n) is 4.92. The second kappa shape index (κ2) is 9.89. The molecule has 104 valence electrons. The molecule has 0 aromatic heterocycles. The van der Waals surface area contributed by atoms with Gasteiger partial charge in [0.15, 0.2) is 0 Å². The fraction of sp³-hybridized carbons (Fsp3) is 1.00. The second-order valence-corrected chi connectivity index (χ2v) is 6.71. The van der Waals surface area contributed by atoms with Crippen LogP contribution in [0.5, 0.6) is 0 Å². The molecule has 0 amide bonds. The van der Waals surface area contributed by atoms with E-state index in [1.165, 1.54) is 45.4 Å². The third-order valence-corrected chi connectivity index (χ3v) is 4.43. The van der Waals surface area contributed by atoms with E-state index in [1.807, 2.05) is 0 Å². The van der Waals surface area contributed by atoms with Crippen molar-refractivity contribution in [1.82, 2.24) is 0 Å². The highest BCUT2D eigenvalue weighted by atomic mass is 32.2. The van der Waals surface area contributed by atoms with E-state index >= 15 is 0 Å². The largest absolute Gasteiger partial charge is 0.748 e. The van der Waals surface area contributed by atoms with Crippen molar-refractivity contribution in [3.8, 4) is 0 Å². The zero-order valence-corrected chi connectivity index (χ0v) is 12.1. The average molecular weight is 263 g/mol. The third-order valence-electron chi connectivity index (χ3n) is 3.21. The minimum atomic E-state index is -4.06. The van der Waals surface area contributed by atoms with Gasteiger partial charge in [-0.2, -0.15) is 0 Å². The van der Waals surface area contributed by atoms with Gasteiger partial charge in [0, 0.05) is 5.25 Å². The number of unbranched alkanes of at least 4 members (excludes halogenated alkanes) is 8. The van der Waals surface area contributed by atoms with Gasteiger partial charge in [0.1, 0.15) is 0 Å². The number of rotatable bonds is 11. The van der Waals surface area contributed by atoms with Crippen molar-refractivity contribution in [3.63, 3.8) is 0 Å². The maximum atomic E-state index is 10.6. The quantitative estimate of drug-likeness (QED) is 0.420. The third kappa shape index (κ3) is 10.8. The molecule has 0 aromatic carbocycles. The van der Waals surface area contributed by atoms with Crippen LogP contribution >= 0.6 is 0 Å². The first kappa shape index (κ1) is 16.9. The molecule has 0 aromatic rings. The predicted molar refractivity (Wildman–Crippen MR) is 71.0 cm³/mol.